The maximum absolute atomic E-state index is 11.3. The van der Waals surface area contributed by atoms with Crippen molar-refractivity contribution in [1.82, 2.24) is 10.2 Å². The van der Waals surface area contributed by atoms with E-state index in [1.54, 1.807) is 23.1 Å². The zero-order chi connectivity index (χ0) is 13.8. The molecule has 0 aromatic heterocycles. The molecule has 5 nitrogen and oxygen atoms in total. The Kier molecular flexibility index (Phi) is 4.44. The number of halogens is 1. The number of nitrogens with one attached hydrogen (secondary N) is 1. The third-order valence-electron chi connectivity index (χ3n) is 2.77. The Hall–Kier alpha value is -1.53. The van der Waals surface area contributed by atoms with Gasteiger partial charge in [-0.05, 0) is 18.2 Å². The number of rotatable bonds is 5. The normalized spacial score (nSPS) is 14.4. The van der Waals surface area contributed by atoms with Crippen LogP contribution in [-0.4, -0.2) is 42.2 Å². The molecule has 102 valence electrons. The van der Waals surface area contributed by atoms with E-state index in [4.69, 9.17) is 34.3 Å². The van der Waals surface area contributed by atoms with Crippen molar-refractivity contribution in [3.63, 3.8) is 0 Å². The van der Waals surface area contributed by atoms with Gasteiger partial charge in [-0.25, -0.2) is 4.79 Å². The summed E-state index contributed by atoms with van der Waals surface area (Å²) in [5, 5.41) is 3.28. The van der Waals surface area contributed by atoms with Gasteiger partial charge in [0.25, 0.3) is 0 Å². The minimum atomic E-state index is -0.0655. The third-order valence-corrected chi connectivity index (χ3v) is 3.23. The lowest BCUT2D eigenvalue weighted by atomic mass is 10.2. The molecule has 1 aliphatic rings. The highest BCUT2D eigenvalue weighted by Gasteiger charge is 2.19. The predicted molar refractivity (Wildman–Crippen MR) is 77.8 cm³/mol. The highest BCUT2D eigenvalue weighted by molar-refractivity contribution is 7.80. The van der Waals surface area contributed by atoms with E-state index in [2.05, 4.69) is 5.32 Å². The number of thiocarbonyl (C=S) groups is 1. The van der Waals surface area contributed by atoms with Crippen molar-refractivity contribution in [3.8, 4) is 5.75 Å². The van der Waals surface area contributed by atoms with Gasteiger partial charge in [-0.1, -0.05) is 23.8 Å². The molecule has 0 atom stereocenters. The van der Waals surface area contributed by atoms with E-state index in [-0.39, 0.29) is 11.0 Å². The van der Waals surface area contributed by atoms with Gasteiger partial charge in [0, 0.05) is 18.1 Å². The molecule has 0 spiro atoms. The average molecular weight is 300 g/mol. The molecule has 0 unspecified atom stereocenters. The van der Waals surface area contributed by atoms with Crippen LogP contribution in [0.2, 0.25) is 5.02 Å². The summed E-state index contributed by atoms with van der Waals surface area (Å²) in [6.45, 7) is 2.24. The first kappa shape index (κ1) is 13.9. The summed E-state index contributed by atoms with van der Waals surface area (Å²) < 4.78 is 5.62. The standard InChI is InChI=1S/C12H14ClN3O2S/c13-8-1-2-9(11(14)19)10(7-8)18-6-5-16-4-3-15-12(16)17/h1-2,7H,3-6H2,(H2,14,19)(H,15,17). The molecule has 1 aliphatic heterocycles. The zero-order valence-electron chi connectivity index (χ0n) is 10.2. The highest BCUT2D eigenvalue weighted by Crippen LogP contribution is 2.23. The maximum Gasteiger partial charge on any atom is 0.317 e. The minimum absolute atomic E-state index is 0.0655. The molecule has 0 bridgehead atoms. The number of benzene rings is 1. The molecule has 7 heteroatoms. The molecule has 3 N–H and O–H groups in total. The molecular weight excluding hydrogens is 286 g/mol. The van der Waals surface area contributed by atoms with E-state index < -0.39 is 0 Å². The number of urea groups is 1. The summed E-state index contributed by atoms with van der Waals surface area (Å²) in [7, 11) is 0. The minimum Gasteiger partial charge on any atom is -0.491 e. The van der Waals surface area contributed by atoms with Crippen LogP contribution < -0.4 is 15.8 Å². The van der Waals surface area contributed by atoms with Crippen LogP contribution in [0.3, 0.4) is 0 Å². The van der Waals surface area contributed by atoms with Crippen LogP contribution >= 0.6 is 23.8 Å². The molecular formula is C12H14ClN3O2S. The Morgan fingerprint density at radius 2 is 2.37 bits per heavy atom. The van der Waals surface area contributed by atoms with Gasteiger partial charge in [0.1, 0.15) is 17.3 Å². The van der Waals surface area contributed by atoms with Crippen molar-refractivity contribution in [2.24, 2.45) is 5.73 Å². The number of ether oxygens (including phenoxy) is 1. The average Bonchev–Trinajstić information content (AvgIpc) is 2.75. The van der Waals surface area contributed by atoms with Crippen LogP contribution in [0.4, 0.5) is 4.79 Å². The first-order valence-electron chi connectivity index (χ1n) is 5.83. The monoisotopic (exact) mass is 299 g/mol. The lowest BCUT2D eigenvalue weighted by molar-refractivity contribution is 0.202. The Bertz CT molecular complexity index is 510. The number of hydrogen-bond donors (Lipinski definition) is 2. The molecule has 0 saturated carbocycles. The summed E-state index contributed by atoms with van der Waals surface area (Å²) in [6.07, 6.45) is 0. The largest absolute Gasteiger partial charge is 0.491 e. The number of hydrogen-bond acceptors (Lipinski definition) is 3. The summed E-state index contributed by atoms with van der Waals surface area (Å²) in [4.78, 5) is 13.3. The molecule has 1 heterocycles. The van der Waals surface area contributed by atoms with Gasteiger partial charge < -0.3 is 20.7 Å². The smallest absolute Gasteiger partial charge is 0.317 e. The van der Waals surface area contributed by atoms with E-state index in [1.165, 1.54) is 0 Å². The maximum atomic E-state index is 11.3. The van der Waals surface area contributed by atoms with E-state index in [1.807, 2.05) is 0 Å². The van der Waals surface area contributed by atoms with Crippen LogP contribution in [-0.2, 0) is 0 Å². The number of nitrogens with two attached hydrogens (primary N) is 1. The van der Waals surface area contributed by atoms with Crippen molar-refractivity contribution in [2.75, 3.05) is 26.2 Å². The number of nitrogens with zero attached hydrogens (tertiary/aromatic N) is 1. The first-order chi connectivity index (χ1) is 9.08. The second kappa shape index (κ2) is 6.08. The summed E-state index contributed by atoms with van der Waals surface area (Å²) in [5.41, 5.74) is 6.26. The van der Waals surface area contributed by atoms with Gasteiger partial charge in [-0.3, -0.25) is 0 Å². The van der Waals surface area contributed by atoms with Crippen molar-refractivity contribution in [1.29, 1.82) is 0 Å². The van der Waals surface area contributed by atoms with Gasteiger partial charge in [-0.2, -0.15) is 0 Å². The van der Waals surface area contributed by atoms with Crippen molar-refractivity contribution in [3.05, 3.63) is 28.8 Å². The van der Waals surface area contributed by atoms with E-state index in [0.29, 0.717) is 42.6 Å². The van der Waals surface area contributed by atoms with Crippen molar-refractivity contribution >= 4 is 34.8 Å². The van der Waals surface area contributed by atoms with E-state index >= 15 is 0 Å². The lowest BCUT2D eigenvalue weighted by Crippen LogP contribution is -2.32. The molecule has 1 saturated heterocycles. The summed E-state index contributed by atoms with van der Waals surface area (Å²) >= 11 is 10.9. The Labute approximate surface area is 121 Å². The van der Waals surface area contributed by atoms with Crippen LogP contribution in [0.25, 0.3) is 0 Å². The molecule has 0 radical (unpaired) electrons. The predicted octanol–water partition coefficient (Wildman–Crippen LogP) is 1.38. The fourth-order valence-corrected chi connectivity index (χ4v) is 2.14. The lowest BCUT2D eigenvalue weighted by Gasteiger charge is -2.16. The van der Waals surface area contributed by atoms with Crippen LogP contribution in [0.5, 0.6) is 5.75 Å². The molecule has 1 aromatic rings. The van der Waals surface area contributed by atoms with Gasteiger partial charge in [0.05, 0.1) is 12.1 Å². The first-order valence-corrected chi connectivity index (χ1v) is 6.61. The molecule has 1 fully saturated rings. The number of carbonyl (C=O) groups is 1. The fourth-order valence-electron chi connectivity index (χ4n) is 1.81. The van der Waals surface area contributed by atoms with Crippen LogP contribution in [0, 0.1) is 0 Å². The Morgan fingerprint density at radius 3 is 3.00 bits per heavy atom. The Morgan fingerprint density at radius 1 is 1.58 bits per heavy atom. The van der Waals surface area contributed by atoms with E-state index in [9.17, 15) is 4.79 Å². The van der Waals surface area contributed by atoms with E-state index in [0.717, 1.165) is 0 Å². The highest BCUT2D eigenvalue weighted by atomic mass is 35.5. The van der Waals surface area contributed by atoms with Gasteiger partial charge in [0.2, 0.25) is 0 Å². The molecule has 19 heavy (non-hydrogen) atoms. The zero-order valence-corrected chi connectivity index (χ0v) is 11.8. The summed E-state index contributed by atoms with van der Waals surface area (Å²) in [6, 6.07) is 5.03. The number of amides is 2. The van der Waals surface area contributed by atoms with Gasteiger partial charge in [-0.15, -0.1) is 0 Å². The van der Waals surface area contributed by atoms with Gasteiger partial charge >= 0.3 is 6.03 Å². The number of carbonyl (C=O) groups excluding carboxylic acids is 1. The van der Waals surface area contributed by atoms with Crippen LogP contribution in [0.15, 0.2) is 18.2 Å². The second-order valence-electron chi connectivity index (χ2n) is 4.07. The van der Waals surface area contributed by atoms with Crippen LogP contribution in [0.1, 0.15) is 5.56 Å². The Balaban J connectivity index is 1.97. The second-order valence-corrected chi connectivity index (χ2v) is 4.95. The third kappa shape index (κ3) is 3.48. The fraction of sp³-hybridized carbons (Fsp3) is 0.333. The topological polar surface area (TPSA) is 67.6 Å². The van der Waals surface area contributed by atoms with Crippen molar-refractivity contribution < 1.29 is 9.53 Å². The molecule has 0 aliphatic carbocycles. The SMILES string of the molecule is NC(=S)c1ccc(Cl)cc1OCCN1CCNC1=O. The molecule has 2 amide bonds. The molecule has 1 aromatic carbocycles. The summed E-state index contributed by atoms with van der Waals surface area (Å²) in [5.74, 6) is 0.541. The van der Waals surface area contributed by atoms with Gasteiger partial charge in [0.15, 0.2) is 0 Å². The molecule has 2 rings (SSSR count). The quantitative estimate of drug-likeness (QED) is 0.806. The van der Waals surface area contributed by atoms with Crippen molar-refractivity contribution in [2.45, 2.75) is 0 Å².